The predicted octanol–water partition coefficient (Wildman–Crippen LogP) is 2.38. The summed E-state index contributed by atoms with van der Waals surface area (Å²) < 4.78 is 0. The number of carboxylic acids is 1. The van der Waals surface area contributed by atoms with Gasteiger partial charge < -0.3 is 10.1 Å². The Balaban J connectivity index is 2.09. The number of carboxylic acid groups (broad SMARTS) is 1. The maximum absolute atomic E-state index is 10.8. The van der Waals surface area contributed by atoms with Crippen LogP contribution in [0.4, 0.5) is 0 Å². The quantitative estimate of drug-likeness (QED) is 0.726. The van der Waals surface area contributed by atoms with Gasteiger partial charge in [0.25, 0.3) is 0 Å². The Hall–Kier alpha value is -2.21. The van der Waals surface area contributed by atoms with E-state index in [1.807, 2.05) is 6.07 Å². The number of aromatic amines is 1. The van der Waals surface area contributed by atoms with E-state index in [1.54, 1.807) is 24.7 Å². The highest BCUT2D eigenvalue weighted by atomic mass is 32.1. The fourth-order valence-electron chi connectivity index (χ4n) is 1.57. The number of aromatic carboxylic acids is 1. The van der Waals surface area contributed by atoms with Crippen LogP contribution >= 0.6 is 11.3 Å². The minimum Gasteiger partial charge on any atom is -0.477 e. The Morgan fingerprint density at radius 2 is 2.24 bits per heavy atom. The van der Waals surface area contributed by atoms with Crippen LogP contribution in [0, 0.1) is 0 Å². The van der Waals surface area contributed by atoms with Crippen molar-refractivity contribution < 1.29 is 9.90 Å². The highest BCUT2D eigenvalue weighted by Crippen LogP contribution is 2.28. The Morgan fingerprint density at radius 1 is 1.35 bits per heavy atom. The summed E-state index contributed by atoms with van der Waals surface area (Å²) in [6, 6.07) is 5.29. The average molecular weight is 245 g/mol. The molecule has 3 aromatic rings. The molecular formula is C11H7N3O2S. The molecule has 0 aromatic carbocycles. The number of hydrogen-bond donors (Lipinski definition) is 2. The van der Waals surface area contributed by atoms with Gasteiger partial charge in [0.05, 0.1) is 11.8 Å². The standard InChI is InChI=1S/C11H7N3O2S/c15-11(16)9-2-1-8(17-9)6-3-7-10(12-4-6)14-5-13-7/h1-5H,(H,15,16)(H,12,13,14). The number of aromatic nitrogens is 3. The molecule has 0 aliphatic heterocycles. The van der Waals surface area contributed by atoms with Gasteiger partial charge in [0.1, 0.15) is 4.88 Å². The normalized spacial score (nSPS) is 10.8. The third-order valence-corrected chi connectivity index (χ3v) is 3.50. The summed E-state index contributed by atoms with van der Waals surface area (Å²) in [4.78, 5) is 23.2. The lowest BCUT2D eigenvalue weighted by Crippen LogP contribution is -1.89. The maximum atomic E-state index is 10.8. The van der Waals surface area contributed by atoms with Crippen LogP contribution in [0.15, 0.2) is 30.7 Å². The summed E-state index contributed by atoms with van der Waals surface area (Å²) in [5.41, 5.74) is 2.38. The molecule has 17 heavy (non-hydrogen) atoms. The molecule has 0 amide bonds. The molecule has 0 aliphatic rings. The van der Waals surface area contributed by atoms with Crippen molar-refractivity contribution in [2.24, 2.45) is 0 Å². The van der Waals surface area contributed by atoms with E-state index in [-0.39, 0.29) is 0 Å². The van der Waals surface area contributed by atoms with Gasteiger partial charge in [-0.2, -0.15) is 0 Å². The zero-order valence-electron chi connectivity index (χ0n) is 8.54. The van der Waals surface area contributed by atoms with Crippen LogP contribution in [0.3, 0.4) is 0 Å². The Morgan fingerprint density at radius 3 is 3.00 bits per heavy atom. The summed E-state index contributed by atoms with van der Waals surface area (Å²) >= 11 is 1.23. The van der Waals surface area contributed by atoms with Gasteiger partial charge in [-0.3, -0.25) is 0 Å². The first-order valence-electron chi connectivity index (χ1n) is 4.86. The predicted molar refractivity (Wildman–Crippen MR) is 64.2 cm³/mol. The van der Waals surface area contributed by atoms with Gasteiger partial charge in [0.15, 0.2) is 5.65 Å². The lowest BCUT2D eigenvalue weighted by Gasteiger charge is -1.95. The molecule has 0 radical (unpaired) electrons. The first-order valence-corrected chi connectivity index (χ1v) is 5.68. The maximum Gasteiger partial charge on any atom is 0.345 e. The monoisotopic (exact) mass is 245 g/mol. The molecule has 84 valence electrons. The van der Waals surface area contributed by atoms with Crippen LogP contribution in [0.2, 0.25) is 0 Å². The second-order valence-electron chi connectivity index (χ2n) is 3.47. The van der Waals surface area contributed by atoms with E-state index in [0.29, 0.717) is 10.5 Å². The van der Waals surface area contributed by atoms with Gasteiger partial charge in [0, 0.05) is 16.6 Å². The molecule has 6 heteroatoms. The Bertz CT molecular complexity index is 701. The van der Waals surface area contributed by atoms with Crippen molar-refractivity contribution in [1.82, 2.24) is 15.0 Å². The zero-order chi connectivity index (χ0) is 11.8. The van der Waals surface area contributed by atoms with Crippen LogP contribution in [0.25, 0.3) is 21.6 Å². The highest BCUT2D eigenvalue weighted by Gasteiger charge is 2.09. The largest absolute Gasteiger partial charge is 0.477 e. The molecule has 5 nitrogen and oxygen atoms in total. The number of carbonyl (C=O) groups is 1. The number of rotatable bonds is 2. The van der Waals surface area contributed by atoms with Crippen LogP contribution < -0.4 is 0 Å². The lowest BCUT2D eigenvalue weighted by atomic mass is 10.2. The van der Waals surface area contributed by atoms with Crippen molar-refractivity contribution in [2.45, 2.75) is 0 Å². The summed E-state index contributed by atoms with van der Waals surface area (Å²) in [5.74, 6) is -0.906. The number of nitrogens with zero attached hydrogens (tertiary/aromatic N) is 2. The molecular weight excluding hydrogens is 238 g/mol. The summed E-state index contributed by atoms with van der Waals surface area (Å²) in [6.45, 7) is 0. The molecule has 0 fully saturated rings. The van der Waals surface area contributed by atoms with Gasteiger partial charge in [-0.05, 0) is 18.2 Å². The summed E-state index contributed by atoms with van der Waals surface area (Å²) in [5, 5.41) is 8.86. The first kappa shape index (κ1) is 9.98. The minimum absolute atomic E-state index is 0.324. The number of imidazole rings is 1. The van der Waals surface area contributed by atoms with Crippen molar-refractivity contribution in [3.05, 3.63) is 35.6 Å². The molecule has 2 N–H and O–H groups in total. The summed E-state index contributed by atoms with van der Waals surface area (Å²) in [7, 11) is 0. The molecule has 0 saturated carbocycles. The van der Waals surface area contributed by atoms with E-state index >= 15 is 0 Å². The SMILES string of the molecule is O=C(O)c1ccc(-c2cnc3nc[nH]c3c2)s1. The number of nitrogens with one attached hydrogen (secondary N) is 1. The topological polar surface area (TPSA) is 78.9 Å². The first-order chi connectivity index (χ1) is 8.24. The molecule has 3 heterocycles. The van der Waals surface area contributed by atoms with Crippen LogP contribution in [0.5, 0.6) is 0 Å². The lowest BCUT2D eigenvalue weighted by molar-refractivity contribution is 0.0702. The number of thiophene rings is 1. The zero-order valence-corrected chi connectivity index (χ0v) is 9.36. The van der Waals surface area contributed by atoms with Crippen molar-refractivity contribution in [3.8, 4) is 10.4 Å². The number of pyridine rings is 1. The van der Waals surface area contributed by atoms with E-state index in [0.717, 1.165) is 16.0 Å². The van der Waals surface area contributed by atoms with Crippen LogP contribution in [-0.2, 0) is 0 Å². The van der Waals surface area contributed by atoms with Crippen molar-refractivity contribution in [3.63, 3.8) is 0 Å². The number of hydrogen-bond acceptors (Lipinski definition) is 4. The molecule has 3 rings (SSSR count). The molecule has 0 unspecified atom stereocenters. The Labute approximate surface area is 99.8 Å². The Kier molecular flexibility index (Phi) is 2.15. The van der Waals surface area contributed by atoms with Gasteiger partial charge in [-0.25, -0.2) is 14.8 Å². The smallest absolute Gasteiger partial charge is 0.345 e. The third-order valence-electron chi connectivity index (χ3n) is 2.37. The van der Waals surface area contributed by atoms with Gasteiger partial charge >= 0.3 is 5.97 Å². The highest BCUT2D eigenvalue weighted by molar-refractivity contribution is 7.17. The van der Waals surface area contributed by atoms with Crippen molar-refractivity contribution in [1.29, 1.82) is 0 Å². The fraction of sp³-hybridized carbons (Fsp3) is 0. The fourth-order valence-corrected chi connectivity index (χ4v) is 2.40. The van der Waals surface area contributed by atoms with E-state index in [4.69, 9.17) is 5.11 Å². The second-order valence-corrected chi connectivity index (χ2v) is 4.55. The van der Waals surface area contributed by atoms with E-state index in [1.165, 1.54) is 11.3 Å². The third kappa shape index (κ3) is 1.68. The van der Waals surface area contributed by atoms with Crippen molar-refractivity contribution in [2.75, 3.05) is 0 Å². The molecule has 0 saturated heterocycles. The van der Waals surface area contributed by atoms with Crippen LogP contribution in [-0.4, -0.2) is 26.0 Å². The average Bonchev–Trinajstić information content (AvgIpc) is 2.97. The van der Waals surface area contributed by atoms with Crippen molar-refractivity contribution >= 4 is 28.5 Å². The second kappa shape index (κ2) is 3.67. The molecule has 0 atom stereocenters. The van der Waals surface area contributed by atoms with Crippen LogP contribution in [0.1, 0.15) is 9.67 Å². The van der Waals surface area contributed by atoms with E-state index in [2.05, 4.69) is 15.0 Å². The molecule has 0 spiro atoms. The van der Waals surface area contributed by atoms with Gasteiger partial charge in [-0.15, -0.1) is 11.3 Å². The number of H-pyrrole nitrogens is 1. The van der Waals surface area contributed by atoms with Gasteiger partial charge in [-0.1, -0.05) is 0 Å². The summed E-state index contributed by atoms with van der Waals surface area (Å²) in [6.07, 6.45) is 3.28. The van der Waals surface area contributed by atoms with E-state index in [9.17, 15) is 4.79 Å². The minimum atomic E-state index is -0.906. The number of fused-ring (bicyclic) bond motifs is 1. The molecule has 3 aromatic heterocycles. The molecule has 0 aliphatic carbocycles. The van der Waals surface area contributed by atoms with E-state index < -0.39 is 5.97 Å². The molecule has 0 bridgehead atoms. The van der Waals surface area contributed by atoms with Gasteiger partial charge in [0.2, 0.25) is 0 Å².